The standard InChI is InChI=1S/C32H62O7/c1-7-13-19-29(36-21-15-9-3)31(38-23-17-11-5)25-33-27-35-28-34-26-32(39-24-18-12-6)30(20-14-8-2)37-22-16-10-4/h7-28H2,1-6H3. The Bertz CT molecular complexity index is 539. The predicted molar refractivity (Wildman–Crippen MR) is 159 cm³/mol. The van der Waals surface area contributed by atoms with Crippen LogP contribution in [0.4, 0.5) is 0 Å². The zero-order valence-electron chi connectivity index (χ0n) is 26.4. The van der Waals surface area contributed by atoms with Crippen LogP contribution in [0.3, 0.4) is 0 Å². The van der Waals surface area contributed by atoms with Crippen LogP contribution in [0.2, 0.25) is 0 Å². The highest BCUT2D eigenvalue weighted by molar-refractivity contribution is 5.03. The number of hydrogen-bond acceptors (Lipinski definition) is 7. The summed E-state index contributed by atoms with van der Waals surface area (Å²) in [6.07, 6.45) is 14.5. The first-order chi connectivity index (χ1) is 19.2. The topological polar surface area (TPSA) is 64.6 Å². The molecule has 0 heterocycles. The van der Waals surface area contributed by atoms with Crippen molar-refractivity contribution >= 4 is 0 Å². The Morgan fingerprint density at radius 2 is 0.667 bits per heavy atom. The molecule has 0 spiro atoms. The zero-order valence-corrected chi connectivity index (χ0v) is 26.4. The molecule has 39 heavy (non-hydrogen) atoms. The van der Waals surface area contributed by atoms with Crippen molar-refractivity contribution in [3.05, 3.63) is 23.0 Å². The molecule has 0 fully saturated rings. The summed E-state index contributed by atoms with van der Waals surface area (Å²) in [5.41, 5.74) is 0. The SMILES string of the molecule is CCCCOC(CCCC)=C(COCOCOCC(OCCCC)=C(CCCC)OCCCC)OCCCC. The van der Waals surface area contributed by atoms with Crippen LogP contribution in [0.25, 0.3) is 0 Å². The third-order valence-electron chi connectivity index (χ3n) is 6.03. The summed E-state index contributed by atoms with van der Waals surface area (Å²) < 4.78 is 41.6. The number of allylic oxidation sites excluding steroid dienone is 2. The van der Waals surface area contributed by atoms with Gasteiger partial charge in [-0.1, -0.05) is 80.1 Å². The van der Waals surface area contributed by atoms with E-state index in [-0.39, 0.29) is 13.6 Å². The van der Waals surface area contributed by atoms with Crippen molar-refractivity contribution in [2.24, 2.45) is 0 Å². The molecule has 7 heteroatoms. The van der Waals surface area contributed by atoms with Crippen molar-refractivity contribution < 1.29 is 33.2 Å². The van der Waals surface area contributed by atoms with Gasteiger partial charge in [-0.3, -0.25) is 0 Å². The molecule has 0 aliphatic carbocycles. The Labute approximate surface area is 240 Å². The smallest absolute Gasteiger partial charge is 0.159 e. The number of hydrogen-bond donors (Lipinski definition) is 0. The quantitative estimate of drug-likeness (QED) is 0.0495. The van der Waals surface area contributed by atoms with Crippen LogP contribution >= 0.6 is 0 Å². The molecule has 0 aliphatic heterocycles. The van der Waals surface area contributed by atoms with Gasteiger partial charge in [0.05, 0.1) is 26.4 Å². The van der Waals surface area contributed by atoms with Crippen LogP contribution in [0.5, 0.6) is 0 Å². The summed E-state index contributed by atoms with van der Waals surface area (Å²) in [6, 6.07) is 0. The summed E-state index contributed by atoms with van der Waals surface area (Å²) in [5.74, 6) is 3.41. The maximum absolute atomic E-state index is 6.10. The minimum Gasteiger partial charge on any atom is -0.494 e. The van der Waals surface area contributed by atoms with Crippen molar-refractivity contribution in [2.45, 2.75) is 131 Å². The van der Waals surface area contributed by atoms with E-state index in [2.05, 4.69) is 41.5 Å². The minimum atomic E-state index is 0.113. The Morgan fingerprint density at radius 3 is 0.974 bits per heavy atom. The fraction of sp³-hybridized carbons (Fsp3) is 0.875. The van der Waals surface area contributed by atoms with Crippen LogP contribution in [0.15, 0.2) is 23.0 Å². The highest BCUT2D eigenvalue weighted by atomic mass is 16.7. The number of unbranched alkanes of at least 4 members (excludes halogenated alkanes) is 6. The van der Waals surface area contributed by atoms with Crippen molar-refractivity contribution in [1.29, 1.82) is 0 Å². The molecule has 7 nitrogen and oxygen atoms in total. The maximum Gasteiger partial charge on any atom is 0.159 e. The lowest BCUT2D eigenvalue weighted by Gasteiger charge is -2.18. The van der Waals surface area contributed by atoms with E-state index >= 15 is 0 Å². The lowest BCUT2D eigenvalue weighted by Crippen LogP contribution is -2.14. The second kappa shape index (κ2) is 29.5. The third kappa shape index (κ3) is 22.0. The van der Waals surface area contributed by atoms with Crippen molar-refractivity contribution in [3.8, 4) is 0 Å². The lowest BCUT2D eigenvalue weighted by atomic mass is 10.2. The van der Waals surface area contributed by atoms with Crippen molar-refractivity contribution in [1.82, 2.24) is 0 Å². The van der Waals surface area contributed by atoms with Crippen molar-refractivity contribution in [2.75, 3.05) is 53.2 Å². The molecule has 0 saturated carbocycles. The van der Waals surface area contributed by atoms with E-state index in [0.29, 0.717) is 39.6 Å². The van der Waals surface area contributed by atoms with Gasteiger partial charge in [0, 0.05) is 12.8 Å². The third-order valence-corrected chi connectivity index (χ3v) is 6.03. The molecule has 0 rings (SSSR count). The number of rotatable bonds is 30. The summed E-state index contributed by atoms with van der Waals surface area (Å²) in [5, 5.41) is 0. The average Bonchev–Trinajstić information content (AvgIpc) is 2.94. The maximum atomic E-state index is 6.10. The number of ether oxygens (including phenoxy) is 7. The first-order valence-electron chi connectivity index (χ1n) is 15.9. The zero-order chi connectivity index (χ0) is 28.8. The molecule has 0 aromatic carbocycles. The van der Waals surface area contributed by atoms with Gasteiger partial charge in [0.15, 0.2) is 11.5 Å². The molecule has 0 saturated heterocycles. The van der Waals surface area contributed by atoms with Gasteiger partial charge in [0.2, 0.25) is 0 Å². The first kappa shape index (κ1) is 37.6. The summed E-state index contributed by atoms with van der Waals surface area (Å²) in [4.78, 5) is 0. The molecule has 0 unspecified atom stereocenters. The van der Waals surface area contributed by atoms with Crippen LogP contribution in [-0.2, 0) is 33.2 Å². The molecule has 0 radical (unpaired) electrons. The van der Waals surface area contributed by atoms with Crippen molar-refractivity contribution in [3.63, 3.8) is 0 Å². The Hall–Kier alpha value is -1.44. The van der Waals surface area contributed by atoms with E-state index < -0.39 is 0 Å². The Kier molecular flexibility index (Phi) is 28.4. The molecular weight excluding hydrogens is 496 g/mol. The van der Waals surface area contributed by atoms with E-state index in [1.807, 2.05) is 0 Å². The Morgan fingerprint density at radius 1 is 0.359 bits per heavy atom. The van der Waals surface area contributed by atoms with Crippen LogP contribution in [0.1, 0.15) is 131 Å². The van der Waals surface area contributed by atoms with Gasteiger partial charge in [-0.05, 0) is 38.5 Å². The molecule has 0 bridgehead atoms. The second-order valence-corrected chi connectivity index (χ2v) is 9.84. The fourth-order valence-corrected chi connectivity index (χ4v) is 3.44. The summed E-state index contributed by atoms with van der Waals surface area (Å²) in [7, 11) is 0. The molecular formula is C32H62O7. The molecule has 0 aromatic rings. The van der Waals surface area contributed by atoms with Gasteiger partial charge in [-0.15, -0.1) is 0 Å². The van der Waals surface area contributed by atoms with Gasteiger partial charge in [0.25, 0.3) is 0 Å². The van der Waals surface area contributed by atoms with Gasteiger partial charge in [-0.25, -0.2) is 0 Å². The molecule has 232 valence electrons. The molecule has 0 N–H and O–H groups in total. The van der Waals surface area contributed by atoms with Gasteiger partial charge < -0.3 is 33.2 Å². The van der Waals surface area contributed by atoms with Gasteiger partial charge >= 0.3 is 0 Å². The predicted octanol–water partition coefficient (Wildman–Crippen LogP) is 9.02. The molecule has 0 aromatic heterocycles. The van der Waals surface area contributed by atoms with E-state index in [1.54, 1.807) is 0 Å². The first-order valence-corrected chi connectivity index (χ1v) is 15.9. The molecule has 0 aliphatic rings. The Balaban J connectivity index is 4.92. The van der Waals surface area contributed by atoms with Gasteiger partial charge in [0.1, 0.15) is 38.3 Å². The van der Waals surface area contributed by atoms with E-state index in [0.717, 1.165) is 113 Å². The second-order valence-electron chi connectivity index (χ2n) is 9.84. The van der Waals surface area contributed by atoms with E-state index in [9.17, 15) is 0 Å². The normalized spacial score (nSPS) is 12.7. The summed E-state index contributed by atoms with van der Waals surface area (Å²) >= 11 is 0. The highest BCUT2D eigenvalue weighted by Gasteiger charge is 2.13. The monoisotopic (exact) mass is 558 g/mol. The largest absolute Gasteiger partial charge is 0.494 e. The molecule has 0 atom stereocenters. The summed E-state index contributed by atoms with van der Waals surface area (Å²) in [6.45, 7) is 16.7. The average molecular weight is 559 g/mol. The fourth-order valence-electron chi connectivity index (χ4n) is 3.44. The van der Waals surface area contributed by atoms with Crippen LogP contribution in [-0.4, -0.2) is 53.2 Å². The van der Waals surface area contributed by atoms with E-state index in [1.165, 1.54) is 0 Å². The van der Waals surface area contributed by atoms with Crippen LogP contribution < -0.4 is 0 Å². The minimum absolute atomic E-state index is 0.113. The highest BCUT2D eigenvalue weighted by Crippen LogP contribution is 2.19. The van der Waals surface area contributed by atoms with Crippen LogP contribution in [0, 0.1) is 0 Å². The molecule has 0 amide bonds. The van der Waals surface area contributed by atoms with Gasteiger partial charge in [-0.2, -0.15) is 0 Å². The lowest BCUT2D eigenvalue weighted by molar-refractivity contribution is -0.132. The van der Waals surface area contributed by atoms with E-state index in [4.69, 9.17) is 33.2 Å².